The van der Waals surface area contributed by atoms with Crippen LogP contribution in [0.4, 0.5) is 0 Å². The van der Waals surface area contributed by atoms with Crippen molar-refractivity contribution in [2.75, 3.05) is 46.4 Å². The SMILES string of the molecule is CC(=O)N1CCCC(N(CCN(C)C(=O)c2cncn2C)C2CCOCC2)C1. The Labute approximate surface area is 167 Å². The van der Waals surface area contributed by atoms with Crippen LogP contribution in [-0.4, -0.2) is 94.6 Å². The standard InChI is InChI=1S/C20H33N5O3/c1-16(26)24-8-4-5-18(14-24)25(17-6-11-28-12-7-17)10-9-22(2)20(27)19-13-21-15-23(19)3/h13,15,17-18H,4-12,14H2,1-3H3. The number of ether oxygens (including phenoxy) is 1. The Hall–Kier alpha value is -1.93. The molecule has 28 heavy (non-hydrogen) atoms. The lowest BCUT2D eigenvalue weighted by Gasteiger charge is -2.44. The molecule has 2 fully saturated rings. The summed E-state index contributed by atoms with van der Waals surface area (Å²) in [7, 11) is 3.68. The summed E-state index contributed by atoms with van der Waals surface area (Å²) >= 11 is 0. The van der Waals surface area contributed by atoms with E-state index in [0.29, 0.717) is 24.3 Å². The fraction of sp³-hybridized carbons (Fsp3) is 0.750. The Balaban J connectivity index is 1.66. The highest BCUT2D eigenvalue weighted by molar-refractivity contribution is 5.92. The summed E-state index contributed by atoms with van der Waals surface area (Å²) in [5, 5.41) is 0. The predicted octanol–water partition coefficient (Wildman–Crippen LogP) is 0.984. The van der Waals surface area contributed by atoms with Gasteiger partial charge in [0.2, 0.25) is 5.91 Å². The normalized spacial score (nSPS) is 21.1. The van der Waals surface area contributed by atoms with E-state index in [1.807, 2.05) is 19.0 Å². The molecule has 2 amide bonds. The largest absolute Gasteiger partial charge is 0.381 e. The summed E-state index contributed by atoms with van der Waals surface area (Å²) in [5.41, 5.74) is 0.598. The van der Waals surface area contributed by atoms with E-state index in [0.717, 1.165) is 58.5 Å². The van der Waals surface area contributed by atoms with Gasteiger partial charge in [0.25, 0.3) is 5.91 Å². The van der Waals surface area contributed by atoms with Crippen molar-refractivity contribution in [2.45, 2.75) is 44.7 Å². The molecule has 8 heteroatoms. The number of amides is 2. The second-order valence-corrected chi connectivity index (χ2v) is 7.96. The number of imidazole rings is 1. The van der Waals surface area contributed by atoms with Crippen LogP contribution in [0.5, 0.6) is 0 Å². The zero-order valence-corrected chi connectivity index (χ0v) is 17.3. The van der Waals surface area contributed by atoms with Crippen LogP contribution in [0.1, 0.15) is 43.1 Å². The third kappa shape index (κ3) is 4.91. The van der Waals surface area contributed by atoms with E-state index in [-0.39, 0.29) is 11.8 Å². The quantitative estimate of drug-likeness (QED) is 0.723. The summed E-state index contributed by atoms with van der Waals surface area (Å²) in [6.07, 6.45) is 7.41. The molecule has 2 aliphatic rings. The van der Waals surface area contributed by atoms with Gasteiger partial charge in [-0.1, -0.05) is 0 Å². The lowest BCUT2D eigenvalue weighted by molar-refractivity contribution is -0.131. The van der Waals surface area contributed by atoms with Crippen LogP contribution in [-0.2, 0) is 16.6 Å². The van der Waals surface area contributed by atoms with Crippen LogP contribution >= 0.6 is 0 Å². The molecule has 3 heterocycles. The smallest absolute Gasteiger partial charge is 0.271 e. The van der Waals surface area contributed by atoms with Gasteiger partial charge in [-0.2, -0.15) is 0 Å². The number of likely N-dealkylation sites (tertiary alicyclic amines) is 1. The van der Waals surface area contributed by atoms with Gasteiger partial charge in [-0.05, 0) is 25.7 Å². The number of piperidine rings is 1. The van der Waals surface area contributed by atoms with Gasteiger partial charge in [0, 0.05) is 72.5 Å². The third-order valence-corrected chi connectivity index (χ3v) is 6.05. The number of hydrogen-bond acceptors (Lipinski definition) is 5. The van der Waals surface area contributed by atoms with Crippen molar-refractivity contribution in [3.05, 3.63) is 18.2 Å². The molecule has 2 saturated heterocycles. The molecule has 0 radical (unpaired) electrons. The number of aromatic nitrogens is 2. The summed E-state index contributed by atoms with van der Waals surface area (Å²) in [6, 6.07) is 0.798. The molecule has 1 aromatic rings. The van der Waals surface area contributed by atoms with Crippen molar-refractivity contribution in [1.29, 1.82) is 0 Å². The average Bonchev–Trinajstić information content (AvgIpc) is 3.14. The van der Waals surface area contributed by atoms with Gasteiger partial charge in [0.05, 0.1) is 12.5 Å². The minimum absolute atomic E-state index is 0.0130. The minimum Gasteiger partial charge on any atom is -0.381 e. The van der Waals surface area contributed by atoms with Crippen molar-refractivity contribution in [1.82, 2.24) is 24.3 Å². The number of carbonyl (C=O) groups excluding carboxylic acids is 2. The first-order chi connectivity index (χ1) is 13.5. The van der Waals surface area contributed by atoms with Crippen molar-refractivity contribution in [3.8, 4) is 0 Å². The van der Waals surface area contributed by atoms with E-state index in [1.54, 1.807) is 28.9 Å². The minimum atomic E-state index is -0.0130. The van der Waals surface area contributed by atoms with Crippen LogP contribution < -0.4 is 0 Å². The maximum Gasteiger partial charge on any atom is 0.271 e. The first-order valence-electron chi connectivity index (χ1n) is 10.3. The van der Waals surface area contributed by atoms with Gasteiger partial charge in [0.15, 0.2) is 0 Å². The molecule has 3 rings (SSSR count). The van der Waals surface area contributed by atoms with Crippen molar-refractivity contribution in [3.63, 3.8) is 0 Å². The highest BCUT2D eigenvalue weighted by Gasteiger charge is 2.32. The second-order valence-electron chi connectivity index (χ2n) is 7.96. The number of carbonyl (C=O) groups is 2. The Morgan fingerprint density at radius 3 is 2.61 bits per heavy atom. The van der Waals surface area contributed by atoms with Crippen LogP contribution in [0.25, 0.3) is 0 Å². The van der Waals surface area contributed by atoms with Gasteiger partial charge in [-0.15, -0.1) is 0 Å². The van der Waals surface area contributed by atoms with E-state index >= 15 is 0 Å². The number of rotatable bonds is 6. The third-order valence-electron chi connectivity index (χ3n) is 6.05. The van der Waals surface area contributed by atoms with E-state index in [2.05, 4.69) is 9.88 Å². The second kappa shape index (κ2) is 9.52. The van der Waals surface area contributed by atoms with E-state index in [4.69, 9.17) is 4.74 Å². The highest BCUT2D eigenvalue weighted by Crippen LogP contribution is 2.23. The molecular weight excluding hydrogens is 358 g/mol. The molecule has 1 atom stereocenters. The Bertz CT molecular complexity index is 671. The fourth-order valence-electron chi connectivity index (χ4n) is 4.32. The lowest BCUT2D eigenvalue weighted by atomic mass is 9.98. The first kappa shape index (κ1) is 20.8. The Kier molecular flexibility index (Phi) is 7.07. The molecule has 8 nitrogen and oxygen atoms in total. The molecule has 2 aliphatic heterocycles. The van der Waals surface area contributed by atoms with Crippen LogP contribution in [0.15, 0.2) is 12.5 Å². The number of nitrogens with zero attached hydrogens (tertiary/aromatic N) is 5. The molecule has 156 valence electrons. The van der Waals surface area contributed by atoms with Gasteiger partial charge >= 0.3 is 0 Å². The topological polar surface area (TPSA) is 70.9 Å². The molecule has 1 unspecified atom stereocenters. The molecule has 0 N–H and O–H groups in total. The monoisotopic (exact) mass is 391 g/mol. The average molecular weight is 392 g/mol. The van der Waals surface area contributed by atoms with E-state index in [9.17, 15) is 9.59 Å². The predicted molar refractivity (Wildman–Crippen MR) is 106 cm³/mol. The fourth-order valence-corrected chi connectivity index (χ4v) is 4.32. The molecular formula is C20H33N5O3. The van der Waals surface area contributed by atoms with Crippen molar-refractivity contribution in [2.24, 2.45) is 7.05 Å². The van der Waals surface area contributed by atoms with Gasteiger partial charge < -0.3 is 19.1 Å². The summed E-state index contributed by atoms with van der Waals surface area (Å²) in [6.45, 7) is 6.32. The van der Waals surface area contributed by atoms with Gasteiger partial charge in [-0.3, -0.25) is 14.5 Å². The van der Waals surface area contributed by atoms with Crippen LogP contribution in [0.2, 0.25) is 0 Å². The number of likely N-dealkylation sites (N-methyl/N-ethyl adjacent to an activating group) is 1. The lowest BCUT2D eigenvalue weighted by Crippen LogP contribution is -2.55. The van der Waals surface area contributed by atoms with Gasteiger partial charge in [0.1, 0.15) is 5.69 Å². The molecule has 1 aromatic heterocycles. The van der Waals surface area contributed by atoms with Crippen molar-refractivity contribution < 1.29 is 14.3 Å². The summed E-state index contributed by atoms with van der Waals surface area (Å²) in [5.74, 6) is 0.140. The Morgan fingerprint density at radius 2 is 1.96 bits per heavy atom. The van der Waals surface area contributed by atoms with Crippen LogP contribution in [0.3, 0.4) is 0 Å². The van der Waals surface area contributed by atoms with Gasteiger partial charge in [-0.25, -0.2) is 4.98 Å². The van der Waals surface area contributed by atoms with Crippen LogP contribution in [0, 0.1) is 0 Å². The summed E-state index contributed by atoms with van der Waals surface area (Å²) in [4.78, 5) is 34.9. The highest BCUT2D eigenvalue weighted by atomic mass is 16.5. The molecule has 0 saturated carbocycles. The number of hydrogen-bond donors (Lipinski definition) is 0. The zero-order chi connectivity index (χ0) is 20.1. The van der Waals surface area contributed by atoms with E-state index < -0.39 is 0 Å². The summed E-state index contributed by atoms with van der Waals surface area (Å²) < 4.78 is 7.31. The molecule has 0 aromatic carbocycles. The molecule has 0 aliphatic carbocycles. The molecule has 0 spiro atoms. The van der Waals surface area contributed by atoms with E-state index in [1.165, 1.54) is 0 Å². The number of aryl methyl sites for hydroxylation is 1. The molecule has 0 bridgehead atoms. The van der Waals surface area contributed by atoms with Crippen molar-refractivity contribution >= 4 is 11.8 Å². The zero-order valence-electron chi connectivity index (χ0n) is 17.3. The maximum absolute atomic E-state index is 12.7. The first-order valence-corrected chi connectivity index (χ1v) is 10.3. The maximum atomic E-state index is 12.7. The Morgan fingerprint density at radius 1 is 1.21 bits per heavy atom.